The van der Waals surface area contributed by atoms with Crippen LogP contribution in [-0.4, -0.2) is 24.5 Å². The molecule has 0 bridgehead atoms. The highest BCUT2D eigenvalue weighted by atomic mass is 32.1. The Labute approximate surface area is 192 Å². The van der Waals surface area contributed by atoms with Crippen molar-refractivity contribution in [3.05, 3.63) is 95.0 Å². The molecule has 0 saturated carbocycles. The topological polar surface area (TPSA) is 66.1 Å². The molecule has 3 aromatic carbocycles. The van der Waals surface area contributed by atoms with E-state index in [9.17, 15) is 4.79 Å². The van der Waals surface area contributed by atoms with Gasteiger partial charge in [0.1, 0.15) is 0 Å². The van der Waals surface area contributed by atoms with Gasteiger partial charge in [-0.15, -0.1) is 11.3 Å². The number of carbonyl (C=O) groups excluding carboxylic acids is 1. The normalized spacial score (nSPS) is 10.6. The number of nitrogens with one attached hydrogen (secondary N) is 3. The molecule has 6 heteroatoms. The molecular formula is C26H26N4OS. The van der Waals surface area contributed by atoms with Gasteiger partial charge in [-0.2, -0.15) is 0 Å². The van der Waals surface area contributed by atoms with Crippen molar-refractivity contribution >= 4 is 33.8 Å². The lowest BCUT2D eigenvalue weighted by molar-refractivity contribution is 0.102. The lowest BCUT2D eigenvalue weighted by atomic mass is 9.98. The van der Waals surface area contributed by atoms with E-state index in [1.165, 1.54) is 5.56 Å². The van der Waals surface area contributed by atoms with Crippen molar-refractivity contribution < 1.29 is 4.79 Å². The number of nitrogens with zero attached hydrogens (tertiary/aromatic N) is 1. The fourth-order valence-electron chi connectivity index (χ4n) is 3.41. The van der Waals surface area contributed by atoms with Crippen molar-refractivity contribution in [1.82, 2.24) is 4.98 Å². The van der Waals surface area contributed by atoms with E-state index >= 15 is 0 Å². The Bertz CT molecular complexity index is 1180. The van der Waals surface area contributed by atoms with Crippen LogP contribution in [-0.2, 0) is 6.42 Å². The molecule has 1 heterocycles. The SMILES string of the molecule is CNc1nc(CCNc2ccc(NC(=O)c3ccccc3-c3ccc(C)cc3)cc2)cs1. The van der Waals surface area contributed by atoms with Gasteiger partial charge in [-0.3, -0.25) is 4.79 Å². The van der Waals surface area contributed by atoms with E-state index in [1.807, 2.05) is 67.7 Å². The van der Waals surface area contributed by atoms with Gasteiger partial charge in [-0.05, 0) is 48.4 Å². The van der Waals surface area contributed by atoms with E-state index in [-0.39, 0.29) is 5.91 Å². The molecule has 4 aromatic rings. The van der Waals surface area contributed by atoms with Gasteiger partial charge in [0.25, 0.3) is 5.91 Å². The molecule has 3 N–H and O–H groups in total. The minimum absolute atomic E-state index is 0.120. The van der Waals surface area contributed by atoms with Gasteiger partial charge >= 0.3 is 0 Å². The molecule has 0 spiro atoms. The molecule has 5 nitrogen and oxygen atoms in total. The molecule has 0 aliphatic heterocycles. The van der Waals surface area contributed by atoms with Crippen LogP contribution in [0.15, 0.2) is 78.2 Å². The number of rotatable bonds is 8. The number of carbonyl (C=O) groups is 1. The van der Waals surface area contributed by atoms with Crippen molar-refractivity contribution in [3.63, 3.8) is 0 Å². The molecule has 0 aliphatic carbocycles. The third kappa shape index (κ3) is 5.34. The quantitative estimate of drug-likeness (QED) is 0.310. The zero-order valence-electron chi connectivity index (χ0n) is 18.2. The van der Waals surface area contributed by atoms with Gasteiger partial charge in [0.15, 0.2) is 5.13 Å². The number of aryl methyl sites for hydroxylation is 1. The molecule has 0 saturated heterocycles. The minimum Gasteiger partial charge on any atom is -0.385 e. The van der Waals surface area contributed by atoms with Crippen LogP contribution in [0.1, 0.15) is 21.6 Å². The number of hydrogen-bond acceptors (Lipinski definition) is 5. The molecule has 0 unspecified atom stereocenters. The highest BCUT2D eigenvalue weighted by molar-refractivity contribution is 7.13. The third-order valence-corrected chi connectivity index (χ3v) is 6.06. The number of aromatic nitrogens is 1. The summed E-state index contributed by atoms with van der Waals surface area (Å²) in [6.07, 6.45) is 0.854. The van der Waals surface area contributed by atoms with Gasteiger partial charge in [-0.1, -0.05) is 48.0 Å². The Hall–Kier alpha value is -3.64. The summed E-state index contributed by atoms with van der Waals surface area (Å²) < 4.78 is 0. The van der Waals surface area contributed by atoms with Crippen molar-refractivity contribution in [2.24, 2.45) is 0 Å². The molecule has 4 rings (SSSR count). The van der Waals surface area contributed by atoms with Crippen LogP contribution in [0.25, 0.3) is 11.1 Å². The lowest BCUT2D eigenvalue weighted by Gasteiger charge is -2.12. The zero-order chi connectivity index (χ0) is 22.3. The Morgan fingerprint density at radius 3 is 2.38 bits per heavy atom. The van der Waals surface area contributed by atoms with Crippen molar-refractivity contribution in [2.45, 2.75) is 13.3 Å². The van der Waals surface area contributed by atoms with Crippen LogP contribution in [0.3, 0.4) is 0 Å². The summed E-state index contributed by atoms with van der Waals surface area (Å²) in [5, 5.41) is 12.5. The lowest BCUT2D eigenvalue weighted by Crippen LogP contribution is -2.13. The largest absolute Gasteiger partial charge is 0.385 e. The van der Waals surface area contributed by atoms with Crippen LogP contribution in [0.4, 0.5) is 16.5 Å². The first-order chi connectivity index (χ1) is 15.6. The molecule has 32 heavy (non-hydrogen) atoms. The first-order valence-electron chi connectivity index (χ1n) is 10.6. The molecule has 1 amide bonds. The highest BCUT2D eigenvalue weighted by Crippen LogP contribution is 2.25. The molecule has 162 valence electrons. The fraction of sp³-hybridized carbons (Fsp3) is 0.154. The molecule has 0 radical (unpaired) electrons. The summed E-state index contributed by atoms with van der Waals surface area (Å²) in [6, 6.07) is 23.7. The van der Waals surface area contributed by atoms with Crippen LogP contribution < -0.4 is 16.0 Å². The number of anilines is 3. The van der Waals surface area contributed by atoms with E-state index < -0.39 is 0 Å². The fourth-order valence-corrected chi connectivity index (χ4v) is 4.11. The van der Waals surface area contributed by atoms with E-state index in [0.717, 1.165) is 46.3 Å². The predicted octanol–water partition coefficient (Wildman–Crippen LogP) is 6.07. The smallest absolute Gasteiger partial charge is 0.256 e. The Balaban J connectivity index is 1.37. The summed E-state index contributed by atoms with van der Waals surface area (Å²) >= 11 is 1.61. The van der Waals surface area contributed by atoms with Gasteiger partial charge in [0, 0.05) is 42.3 Å². The maximum absolute atomic E-state index is 13.0. The summed E-state index contributed by atoms with van der Waals surface area (Å²) in [7, 11) is 1.88. The van der Waals surface area contributed by atoms with Crippen LogP contribution >= 0.6 is 11.3 Å². The number of benzene rings is 3. The zero-order valence-corrected chi connectivity index (χ0v) is 19.0. The molecule has 0 atom stereocenters. The van der Waals surface area contributed by atoms with Gasteiger partial charge in [0.2, 0.25) is 0 Å². The summed E-state index contributed by atoms with van der Waals surface area (Å²) in [4.78, 5) is 17.5. The third-order valence-electron chi connectivity index (χ3n) is 5.15. The molecule has 1 aromatic heterocycles. The monoisotopic (exact) mass is 442 g/mol. The second kappa shape index (κ2) is 10.1. The minimum atomic E-state index is -0.120. The van der Waals surface area contributed by atoms with Gasteiger partial charge in [-0.25, -0.2) is 4.98 Å². The Kier molecular flexibility index (Phi) is 6.82. The maximum Gasteiger partial charge on any atom is 0.256 e. The van der Waals surface area contributed by atoms with Crippen LogP contribution in [0.5, 0.6) is 0 Å². The first-order valence-corrected chi connectivity index (χ1v) is 11.4. The highest BCUT2D eigenvalue weighted by Gasteiger charge is 2.12. The maximum atomic E-state index is 13.0. The average Bonchev–Trinajstić information content (AvgIpc) is 3.29. The standard InChI is InChI=1S/C26H26N4OS/c1-18-7-9-19(10-8-18)23-5-3-4-6-24(23)25(31)29-21-13-11-20(12-14-21)28-16-15-22-17-32-26(27-2)30-22/h3-14,17,28H,15-16H2,1-2H3,(H,27,30)(H,29,31). The summed E-state index contributed by atoms with van der Waals surface area (Å²) in [5.41, 5.74) is 6.64. The van der Waals surface area contributed by atoms with E-state index in [2.05, 4.69) is 45.4 Å². The molecule has 0 aliphatic rings. The first kappa shape index (κ1) is 21.6. The summed E-state index contributed by atoms with van der Waals surface area (Å²) in [5.74, 6) is -0.120. The Morgan fingerprint density at radius 2 is 1.66 bits per heavy atom. The molecule has 0 fully saturated rings. The number of hydrogen-bond donors (Lipinski definition) is 3. The average molecular weight is 443 g/mol. The van der Waals surface area contributed by atoms with Crippen molar-refractivity contribution in [3.8, 4) is 11.1 Å². The van der Waals surface area contributed by atoms with Gasteiger partial charge in [0.05, 0.1) is 5.69 Å². The summed E-state index contributed by atoms with van der Waals surface area (Å²) in [6.45, 7) is 2.85. The van der Waals surface area contributed by atoms with Crippen LogP contribution in [0, 0.1) is 6.92 Å². The second-order valence-electron chi connectivity index (χ2n) is 7.51. The molecular weight excluding hydrogens is 416 g/mol. The number of amides is 1. The van der Waals surface area contributed by atoms with Crippen molar-refractivity contribution in [1.29, 1.82) is 0 Å². The van der Waals surface area contributed by atoms with E-state index in [1.54, 1.807) is 11.3 Å². The van der Waals surface area contributed by atoms with E-state index in [4.69, 9.17) is 0 Å². The van der Waals surface area contributed by atoms with Gasteiger partial charge < -0.3 is 16.0 Å². The number of thiazole rings is 1. The second-order valence-corrected chi connectivity index (χ2v) is 8.37. The van der Waals surface area contributed by atoms with E-state index in [0.29, 0.717) is 5.56 Å². The van der Waals surface area contributed by atoms with Crippen LogP contribution in [0.2, 0.25) is 0 Å². The predicted molar refractivity (Wildman–Crippen MR) is 135 cm³/mol. The Morgan fingerprint density at radius 1 is 0.938 bits per heavy atom. The van der Waals surface area contributed by atoms with Crippen molar-refractivity contribution in [2.75, 3.05) is 29.5 Å².